The van der Waals surface area contributed by atoms with E-state index in [1.165, 1.54) is 5.56 Å². The molecule has 3 rings (SSSR count). The summed E-state index contributed by atoms with van der Waals surface area (Å²) in [4.78, 5) is 28.6. The third kappa shape index (κ3) is 3.98. The minimum atomic E-state index is -0.312. The average Bonchev–Trinajstić information content (AvgIpc) is 2.57. The summed E-state index contributed by atoms with van der Waals surface area (Å²) < 4.78 is 4.88. The molecule has 23 heavy (non-hydrogen) atoms. The summed E-state index contributed by atoms with van der Waals surface area (Å²) in [5, 5.41) is 6.30. The van der Waals surface area contributed by atoms with E-state index in [0.29, 0.717) is 24.1 Å². The van der Waals surface area contributed by atoms with Crippen LogP contribution in [0.2, 0.25) is 0 Å². The first-order chi connectivity index (χ1) is 11.2. The van der Waals surface area contributed by atoms with Crippen molar-refractivity contribution in [1.29, 1.82) is 0 Å². The van der Waals surface area contributed by atoms with Crippen LogP contribution in [0.15, 0.2) is 18.6 Å². The van der Waals surface area contributed by atoms with E-state index in [0.717, 1.165) is 25.2 Å². The van der Waals surface area contributed by atoms with Crippen LogP contribution in [-0.2, 0) is 28.9 Å². The Hall–Kier alpha value is -2.61. The van der Waals surface area contributed by atoms with Crippen LogP contribution in [0.5, 0.6) is 0 Å². The van der Waals surface area contributed by atoms with Crippen molar-refractivity contribution in [2.75, 3.05) is 18.5 Å². The lowest BCUT2D eigenvalue weighted by atomic mass is 10.1. The van der Waals surface area contributed by atoms with E-state index in [4.69, 9.17) is 4.74 Å². The van der Waals surface area contributed by atoms with E-state index in [2.05, 4.69) is 30.6 Å². The van der Waals surface area contributed by atoms with Crippen LogP contribution >= 0.6 is 0 Å². The van der Waals surface area contributed by atoms with Gasteiger partial charge in [-0.2, -0.15) is 0 Å². The van der Waals surface area contributed by atoms with E-state index >= 15 is 0 Å². The van der Waals surface area contributed by atoms with Gasteiger partial charge in [0.15, 0.2) is 5.82 Å². The summed E-state index contributed by atoms with van der Waals surface area (Å²) in [7, 11) is 0. The number of rotatable bonds is 5. The molecule has 0 unspecified atom stereocenters. The Balaban J connectivity index is 1.65. The van der Waals surface area contributed by atoms with Gasteiger partial charge in [-0.05, 0) is 25.5 Å². The molecule has 0 spiro atoms. The smallest absolute Gasteiger partial charge is 0.311 e. The standard InChI is InChI=1S/C15H18N6O2/c1-2-23-14(22)5-11-7-18-13(9-17-11)21-15-19-6-10-3-4-16-8-12(10)20-15/h6-7,9,16H,2-5,8H2,1H3,(H,18,19,20,21). The van der Waals surface area contributed by atoms with Crippen molar-refractivity contribution in [2.45, 2.75) is 26.3 Å². The number of aromatic nitrogens is 4. The lowest BCUT2D eigenvalue weighted by molar-refractivity contribution is -0.142. The molecule has 0 saturated carbocycles. The van der Waals surface area contributed by atoms with Crippen LogP contribution in [0.4, 0.5) is 11.8 Å². The second-order valence-corrected chi connectivity index (χ2v) is 5.09. The molecule has 0 radical (unpaired) electrons. The number of ether oxygens (including phenoxy) is 1. The van der Waals surface area contributed by atoms with E-state index in [9.17, 15) is 4.79 Å². The maximum atomic E-state index is 11.4. The van der Waals surface area contributed by atoms with Gasteiger partial charge in [0.1, 0.15) is 0 Å². The quantitative estimate of drug-likeness (QED) is 0.780. The molecule has 2 N–H and O–H groups in total. The highest BCUT2D eigenvalue weighted by Gasteiger charge is 2.12. The third-order valence-corrected chi connectivity index (χ3v) is 3.39. The molecule has 8 nitrogen and oxygen atoms in total. The summed E-state index contributed by atoms with van der Waals surface area (Å²) >= 11 is 0. The summed E-state index contributed by atoms with van der Waals surface area (Å²) in [6, 6.07) is 0. The minimum Gasteiger partial charge on any atom is -0.466 e. The molecular formula is C15H18N6O2. The van der Waals surface area contributed by atoms with Crippen molar-refractivity contribution in [3.63, 3.8) is 0 Å². The van der Waals surface area contributed by atoms with Gasteiger partial charge in [-0.15, -0.1) is 0 Å². The molecule has 2 aromatic heterocycles. The number of anilines is 2. The zero-order valence-electron chi connectivity index (χ0n) is 12.9. The van der Waals surface area contributed by atoms with E-state index in [1.54, 1.807) is 19.3 Å². The zero-order valence-corrected chi connectivity index (χ0v) is 12.9. The Morgan fingerprint density at radius 3 is 3.00 bits per heavy atom. The predicted molar refractivity (Wildman–Crippen MR) is 83.1 cm³/mol. The van der Waals surface area contributed by atoms with Crippen molar-refractivity contribution < 1.29 is 9.53 Å². The zero-order chi connectivity index (χ0) is 16.1. The first kappa shape index (κ1) is 15.3. The summed E-state index contributed by atoms with van der Waals surface area (Å²) in [6.45, 7) is 3.83. The molecular weight excluding hydrogens is 296 g/mol. The highest BCUT2D eigenvalue weighted by atomic mass is 16.5. The molecule has 1 aliphatic rings. The Morgan fingerprint density at radius 2 is 2.22 bits per heavy atom. The van der Waals surface area contributed by atoms with Gasteiger partial charge < -0.3 is 15.4 Å². The highest BCUT2D eigenvalue weighted by Crippen LogP contribution is 2.14. The van der Waals surface area contributed by atoms with Crippen LogP contribution in [0.1, 0.15) is 23.9 Å². The summed E-state index contributed by atoms with van der Waals surface area (Å²) in [5.74, 6) is 0.703. The second kappa shape index (κ2) is 7.10. The Morgan fingerprint density at radius 1 is 1.30 bits per heavy atom. The van der Waals surface area contributed by atoms with Gasteiger partial charge in [-0.3, -0.25) is 9.78 Å². The number of fused-ring (bicyclic) bond motifs is 1. The van der Waals surface area contributed by atoms with Gasteiger partial charge in [0, 0.05) is 12.7 Å². The number of carbonyl (C=O) groups is 1. The number of nitrogens with one attached hydrogen (secondary N) is 2. The van der Waals surface area contributed by atoms with Gasteiger partial charge >= 0.3 is 5.97 Å². The molecule has 0 atom stereocenters. The molecule has 3 heterocycles. The monoisotopic (exact) mass is 314 g/mol. The van der Waals surface area contributed by atoms with Crippen molar-refractivity contribution in [3.05, 3.63) is 35.5 Å². The molecule has 2 aromatic rings. The minimum absolute atomic E-state index is 0.113. The number of nitrogens with zero attached hydrogens (tertiary/aromatic N) is 4. The maximum absolute atomic E-state index is 11.4. The molecule has 0 fully saturated rings. The largest absolute Gasteiger partial charge is 0.466 e. The Labute approximate surface area is 133 Å². The van der Waals surface area contributed by atoms with Crippen molar-refractivity contribution in [1.82, 2.24) is 25.3 Å². The SMILES string of the molecule is CCOC(=O)Cc1cnc(Nc2ncc3c(n2)CNCC3)cn1. The van der Waals surface area contributed by atoms with Crippen LogP contribution in [0.25, 0.3) is 0 Å². The Bertz CT molecular complexity index is 689. The lowest BCUT2D eigenvalue weighted by Crippen LogP contribution is -2.25. The predicted octanol–water partition coefficient (Wildman–Crippen LogP) is 0.761. The Kier molecular flexibility index (Phi) is 4.72. The topological polar surface area (TPSA) is 102 Å². The number of carbonyl (C=O) groups excluding carboxylic acids is 1. The van der Waals surface area contributed by atoms with E-state index < -0.39 is 0 Å². The molecule has 0 bridgehead atoms. The molecule has 0 saturated heterocycles. The first-order valence-corrected chi connectivity index (χ1v) is 7.53. The summed E-state index contributed by atoms with van der Waals surface area (Å²) in [5.41, 5.74) is 2.73. The third-order valence-electron chi connectivity index (χ3n) is 3.39. The van der Waals surface area contributed by atoms with Gasteiger partial charge in [0.25, 0.3) is 0 Å². The molecule has 1 aliphatic heterocycles. The van der Waals surface area contributed by atoms with Crippen LogP contribution in [0, 0.1) is 0 Å². The molecule has 120 valence electrons. The maximum Gasteiger partial charge on any atom is 0.311 e. The fourth-order valence-electron chi connectivity index (χ4n) is 2.28. The molecule has 0 aromatic carbocycles. The lowest BCUT2D eigenvalue weighted by Gasteiger charge is -2.16. The highest BCUT2D eigenvalue weighted by molar-refractivity contribution is 5.71. The first-order valence-electron chi connectivity index (χ1n) is 7.53. The summed E-state index contributed by atoms with van der Waals surface area (Å²) in [6.07, 6.45) is 5.99. The molecule has 0 amide bonds. The van der Waals surface area contributed by atoms with Crippen LogP contribution in [-0.4, -0.2) is 39.1 Å². The van der Waals surface area contributed by atoms with Gasteiger partial charge in [0.2, 0.25) is 5.95 Å². The van der Waals surface area contributed by atoms with Crippen molar-refractivity contribution >= 4 is 17.7 Å². The molecule has 8 heteroatoms. The van der Waals surface area contributed by atoms with Gasteiger partial charge in [-0.25, -0.2) is 15.0 Å². The second-order valence-electron chi connectivity index (χ2n) is 5.09. The van der Waals surface area contributed by atoms with Crippen molar-refractivity contribution in [2.24, 2.45) is 0 Å². The van der Waals surface area contributed by atoms with Crippen LogP contribution in [0.3, 0.4) is 0 Å². The van der Waals surface area contributed by atoms with Crippen LogP contribution < -0.4 is 10.6 Å². The molecule has 0 aliphatic carbocycles. The normalized spacial score (nSPS) is 13.3. The van der Waals surface area contributed by atoms with E-state index in [-0.39, 0.29) is 12.4 Å². The fourth-order valence-corrected chi connectivity index (χ4v) is 2.28. The number of hydrogen-bond donors (Lipinski definition) is 2. The van der Waals surface area contributed by atoms with E-state index in [1.807, 2.05) is 6.20 Å². The van der Waals surface area contributed by atoms with Gasteiger partial charge in [0.05, 0.1) is 36.8 Å². The number of hydrogen-bond acceptors (Lipinski definition) is 8. The fraction of sp³-hybridized carbons (Fsp3) is 0.400. The average molecular weight is 314 g/mol. The van der Waals surface area contributed by atoms with Gasteiger partial charge in [-0.1, -0.05) is 0 Å². The van der Waals surface area contributed by atoms with Crippen molar-refractivity contribution in [3.8, 4) is 0 Å². The number of esters is 1.